The van der Waals surface area contributed by atoms with Gasteiger partial charge in [0.15, 0.2) is 0 Å². The molecular formula is C10H14N2O2. The van der Waals surface area contributed by atoms with Crippen molar-refractivity contribution in [3.63, 3.8) is 0 Å². The van der Waals surface area contributed by atoms with Gasteiger partial charge in [-0.1, -0.05) is 0 Å². The van der Waals surface area contributed by atoms with Gasteiger partial charge in [-0.2, -0.15) is 0 Å². The van der Waals surface area contributed by atoms with Gasteiger partial charge in [-0.25, -0.2) is 4.98 Å². The molecular weight excluding hydrogens is 180 g/mol. The summed E-state index contributed by atoms with van der Waals surface area (Å²) in [5.41, 5.74) is 1.12. The Morgan fingerprint density at radius 2 is 2.36 bits per heavy atom. The van der Waals surface area contributed by atoms with E-state index in [1.807, 2.05) is 19.1 Å². The van der Waals surface area contributed by atoms with Crippen molar-refractivity contribution in [1.82, 2.24) is 4.98 Å². The Morgan fingerprint density at radius 3 is 2.93 bits per heavy atom. The first-order valence-electron chi connectivity index (χ1n) is 4.34. The molecule has 0 aliphatic rings. The highest BCUT2D eigenvalue weighted by Gasteiger charge is 2.07. The molecule has 0 bridgehead atoms. The highest BCUT2D eigenvalue weighted by Crippen LogP contribution is 2.09. The van der Waals surface area contributed by atoms with E-state index in [1.54, 1.807) is 18.1 Å². The molecule has 0 fully saturated rings. The van der Waals surface area contributed by atoms with Gasteiger partial charge in [0.1, 0.15) is 12.4 Å². The van der Waals surface area contributed by atoms with Crippen molar-refractivity contribution in [3.8, 4) is 0 Å². The third kappa shape index (κ3) is 2.73. The summed E-state index contributed by atoms with van der Waals surface area (Å²) in [7, 11) is 3.18. The van der Waals surface area contributed by atoms with Gasteiger partial charge in [0.25, 0.3) is 0 Å². The van der Waals surface area contributed by atoms with Gasteiger partial charge in [-0.15, -0.1) is 0 Å². The third-order valence-electron chi connectivity index (χ3n) is 1.89. The van der Waals surface area contributed by atoms with Crippen LogP contribution in [0, 0.1) is 6.92 Å². The Labute approximate surface area is 83.5 Å². The quantitative estimate of drug-likeness (QED) is 0.673. The number of carbonyl (C=O) groups excluding carboxylic acids is 1. The lowest BCUT2D eigenvalue weighted by Crippen LogP contribution is -2.27. The van der Waals surface area contributed by atoms with Crippen LogP contribution < -0.4 is 4.90 Å². The molecule has 0 spiro atoms. The molecule has 1 aromatic heterocycles. The molecule has 0 N–H and O–H groups in total. The van der Waals surface area contributed by atoms with Gasteiger partial charge >= 0.3 is 5.97 Å². The predicted octanol–water partition coefficient (Wildman–Crippen LogP) is 0.999. The van der Waals surface area contributed by atoms with Gasteiger partial charge < -0.3 is 9.64 Å². The standard InChI is InChI=1S/C10H14N2O2/c1-8-4-5-11-9(6-8)12(2)7-10(13)14-3/h4-6H,7H2,1-3H3. The highest BCUT2D eigenvalue weighted by atomic mass is 16.5. The number of nitrogens with zero attached hydrogens (tertiary/aromatic N) is 2. The number of aromatic nitrogens is 1. The van der Waals surface area contributed by atoms with Crippen molar-refractivity contribution in [2.45, 2.75) is 6.92 Å². The maximum atomic E-state index is 11.0. The van der Waals surface area contributed by atoms with Crippen molar-refractivity contribution < 1.29 is 9.53 Å². The maximum absolute atomic E-state index is 11.0. The molecule has 0 aromatic carbocycles. The van der Waals surface area contributed by atoms with Crippen molar-refractivity contribution in [1.29, 1.82) is 0 Å². The van der Waals surface area contributed by atoms with Crippen LogP contribution >= 0.6 is 0 Å². The monoisotopic (exact) mass is 194 g/mol. The molecule has 1 heterocycles. The molecule has 4 nitrogen and oxygen atoms in total. The number of likely N-dealkylation sites (N-methyl/N-ethyl adjacent to an activating group) is 1. The molecule has 1 aromatic rings. The number of ether oxygens (including phenoxy) is 1. The van der Waals surface area contributed by atoms with Gasteiger partial charge in [-0.05, 0) is 24.6 Å². The summed E-state index contributed by atoms with van der Waals surface area (Å²) in [6, 6.07) is 3.83. The van der Waals surface area contributed by atoms with E-state index >= 15 is 0 Å². The summed E-state index contributed by atoms with van der Waals surface area (Å²) in [4.78, 5) is 16.9. The first-order valence-corrected chi connectivity index (χ1v) is 4.34. The molecule has 1 rings (SSSR count). The topological polar surface area (TPSA) is 42.4 Å². The minimum Gasteiger partial charge on any atom is -0.468 e. The fraction of sp³-hybridized carbons (Fsp3) is 0.400. The van der Waals surface area contributed by atoms with Crippen molar-refractivity contribution in [2.24, 2.45) is 0 Å². The first kappa shape index (κ1) is 10.5. The number of methoxy groups -OCH3 is 1. The second kappa shape index (κ2) is 4.60. The largest absolute Gasteiger partial charge is 0.468 e. The van der Waals surface area contributed by atoms with Crippen LogP contribution in [-0.2, 0) is 9.53 Å². The molecule has 0 radical (unpaired) electrons. The molecule has 0 aliphatic heterocycles. The molecule has 0 amide bonds. The third-order valence-corrected chi connectivity index (χ3v) is 1.89. The summed E-state index contributed by atoms with van der Waals surface area (Å²) in [5.74, 6) is 0.506. The lowest BCUT2D eigenvalue weighted by atomic mass is 10.3. The zero-order valence-corrected chi connectivity index (χ0v) is 8.65. The van der Waals surface area contributed by atoms with E-state index in [0.29, 0.717) is 0 Å². The average Bonchev–Trinajstić information content (AvgIpc) is 2.17. The van der Waals surface area contributed by atoms with Crippen LogP contribution in [0.3, 0.4) is 0 Å². The van der Waals surface area contributed by atoms with E-state index in [4.69, 9.17) is 0 Å². The number of hydrogen-bond donors (Lipinski definition) is 0. The van der Waals surface area contributed by atoms with Crippen LogP contribution in [-0.4, -0.2) is 31.7 Å². The summed E-state index contributed by atoms with van der Waals surface area (Å²) in [6.45, 7) is 2.20. The Hall–Kier alpha value is -1.58. The fourth-order valence-electron chi connectivity index (χ4n) is 1.07. The highest BCUT2D eigenvalue weighted by molar-refractivity contribution is 5.74. The summed E-state index contributed by atoms with van der Waals surface area (Å²) < 4.78 is 4.56. The smallest absolute Gasteiger partial charge is 0.325 e. The normalized spacial score (nSPS) is 9.64. The fourth-order valence-corrected chi connectivity index (χ4v) is 1.07. The zero-order chi connectivity index (χ0) is 10.6. The first-order chi connectivity index (χ1) is 6.63. The van der Waals surface area contributed by atoms with Crippen LogP contribution in [0.5, 0.6) is 0 Å². The van der Waals surface area contributed by atoms with E-state index in [1.165, 1.54) is 7.11 Å². The van der Waals surface area contributed by atoms with Gasteiger partial charge in [0, 0.05) is 13.2 Å². The minimum absolute atomic E-state index is 0.215. The van der Waals surface area contributed by atoms with Crippen LogP contribution in [0.25, 0.3) is 0 Å². The SMILES string of the molecule is COC(=O)CN(C)c1cc(C)ccn1. The zero-order valence-electron chi connectivity index (χ0n) is 8.65. The summed E-state index contributed by atoms with van der Waals surface area (Å²) >= 11 is 0. The number of esters is 1. The van der Waals surface area contributed by atoms with Crippen LogP contribution in [0.15, 0.2) is 18.3 Å². The number of rotatable bonds is 3. The average molecular weight is 194 g/mol. The molecule has 0 atom stereocenters. The number of hydrogen-bond acceptors (Lipinski definition) is 4. The Balaban J connectivity index is 2.69. The second-order valence-electron chi connectivity index (χ2n) is 3.12. The van der Waals surface area contributed by atoms with Gasteiger partial charge in [-0.3, -0.25) is 4.79 Å². The minimum atomic E-state index is -0.268. The number of pyridine rings is 1. The maximum Gasteiger partial charge on any atom is 0.325 e. The molecule has 14 heavy (non-hydrogen) atoms. The number of carbonyl (C=O) groups is 1. The van der Waals surface area contributed by atoms with Crippen molar-refractivity contribution in [3.05, 3.63) is 23.9 Å². The Kier molecular flexibility index (Phi) is 3.45. The van der Waals surface area contributed by atoms with Crippen LogP contribution in [0.1, 0.15) is 5.56 Å². The number of aryl methyl sites for hydroxylation is 1. The van der Waals surface area contributed by atoms with E-state index in [9.17, 15) is 4.79 Å². The van der Waals surface area contributed by atoms with Crippen LogP contribution in [0.2, 0.25) is 0 Å². The van der Waals surface area contributed by atoms with E-state index in [-0.39, 0.29) is 12.5 Å². The molecule has 0 unspecified atom stereocenters. The van der Waals surface area contributed by atoms with Gasteiger partial charge in [0.05, 0.1) is 7.11 Å². The van der Waals surface area contributed by atoms with Gasteiger partial charge in [0.2, 0.25) is 0 Å². The van der Waals surface area contributed by atoms with Crippen LogP contribution in [0.4, 0.5) is 5.82 Å². The number of anilines is 1. The molecule has 4 heteroatoms. The summed E-state index contributed by atoms with van der Waals surface area (Å²) in [6.07, 6.45) is 1.72. The lowest BCUT2D eigenvalue weighted by Gasteiger charge is -2.16. The van der Waals surface area contributed by atoms with Crippen molar-refractivity contribution >= 4 is 11.8 Å². The molecule has 0 saturated heterocycles. The van der Waals surface area contributed by atoms with E-state index in [0.717, 1.165) is 11.4 Å². The van der Waals surface area contributed by atoms with Crippen molar-refractivity contribution in [2.75, 3.05) is 25.6 Å². The van der Waals surface area contributed by atoms with E-state index < -0.39 is 0 Å². The van der Waals surface area contributed by atoms with E-state index in [2.05, 4.69) is 9.72 Å². The second-order valence-corrected chi connectivity index (χ2v) is 3.12. The Morgan fingerprint density at radius 1 is 1.64 bits per heavy atom. The summed E-state index contributed by atoms with van der Waals surface area (Å²) in [5, 5.41) is 0. The molecule has 76 valence electrons. The predicted molar refractivity (Wildman–Crippen MR) is 54.3 cm³/mol. The Bertz CT molecular complexity index is 326. The lowest BCUT2D eigenvalue weighted by molar-refractivity contribution is -0.138. The molecule has 0 aliphatic carbocycles. The molecule has 0 saturated carbocycles.